The lowest BCUT2D eigenvalue weighted by Gasteiger charge is -1.90. The highest BCUT2D eigenvalue weighted by Crippen LogP contribution is 2.34. The molecular formula is C10H11N3S2. The van der Waals surface area contributed by atoms with E-state index in [4.69, 9.17) is 12.2 Å². The average Bonchev–Trinajstić information content (AvgIpc) is 2.80. The predicted octanol–water partition coefficient (Wildman–Crippen LogP) is 2.69. The first-order chi connectivity index (χ1) is 7.24. The topological polar surface area (TPSA) is 33.6 Å². The van der Waals surface area contributed by atoms with Gasteiger partial charge in [0.2, 0.25) is 4.77 Å². The van der Waals surface area contributed by atoms with Gasteiger partial charge in [0.05, 0.1) is 4.88 Å². The Morgan fingerprint density at radius 3 is 3.07 bits per heavy atom. The summed E-state index contributed by atoms with van der Waals surface area (Å²) in [7, 11) is 1.89. The maximum Gasteiger partial charge on any atom is 0.216 e. The Labute approximate surface area is 96.8 Å². The number of nitrogens with one attached hydrogen (secondary N) is 1. The van der Waals surface area contributed by atoms with Gasteiger partial charge in [-0.25, -0.2) is 0 Å². The summed E-state index contributed by atoms with van der Waals surface area (Å²) >= 11 is 6.93. The number of nitrogens with zero attached hydrogens (tertiary/aromatic N) is 2. The van der Waals surface area contributed by atoms with Crippen LogP contribution in [0.25, 0.3) is 10.7 Å². The fourth-order valence-corrected chi connectivity index (χ4v) is 3.29. The van der Waals surface area contributed by atoms with Crippen molar-refractivity contribution < 1.29 is 0 Å². The Kier molecular flexibility index (Phi) is 2.03. The molecular weight excluding hydrogens is 226 g/mol. The van der Waals surface area contributed by atoms with Crippen LogP contribution in [0.4, 0.5) is 0 Å². The van der Waals surface area contributed by atoms with Crippen LogP contribution in [0, 0.1) is 4.77 Å². The highest BCUT2D eigenvalue weighted by molar-refractivity contribution is 7.71. The number of rotatable bonds is 1. The van der Waals surface area contributed by atoms with Crippen LogP contribution >= 0.6 is 23.6 Å². The van der Waals surface area contributed by atoms with Crippen LogP contribution in [-0.2, 0) is 19.9 Å². The average molecular weight is 237 g/mol. The number of aromatic amines is 1. The smallest absolute Gasteiger partial charge is 0.216 e. The second kappa shape index (κ2) is 3.28. The molecule has 0 saturated carbocycles. The molecule has 0 spiro atoms. The summed E-state index contributed by atoms with van der Waals surface area (Å²) in [5.74, 6) is 0.905. The standard InChI is InChI=1S/C10H11N3S2/c1-13-10(14)11-9(12-13)8-5-6-3-2-4-7(6)15-8/h5H,2-4H2,1H3,(H,11,12,14). The molecule has 1 aliphatic carbocycles. The molecule has 0 bridgehead atoms. The van der Waals surface area contributed by atoms with Gasteiger partial charge in [0.25, 0.3) is 0 Å². The Bertz CT molecular complexity index is 540. The first-order valence-corrected chi connectivity index (χ1v) is 6.21. The largest absolute Gasteiger partial charge is 0.279 e. The number of aromatic nitrogens is 3. The molecule has 1 aliphatic rings. The Balaban J connectivity index is 2.09. The van der Waals surface area contributed by atoms with E-state index in [1.165, 1.54) is 34.6 Å². The molecule has 5 heteroatoms. The van der Waals surface area contributed by atoms with E-state index in [-0.39, 0.29) is 0 Å². The third kappa shape index (κ3) is 1.46. The molecule has 0 aromatic carbocycles. The Morgan fingerprint density at radius 1 is 1.53 bits per heavy atom. The van der Waals surface area contributed by atoms with Crippen LogP contribution < -0.4 is 0 Å². The van der Waals surface area contributed by atoms with Gasteiger partial charge in [-0.3, -0.25) is 9.78 Å². The van der Waals surface area contributed by atoms with Crippen LogP contribution in [0.3, 0.4) is 0 Å². The molecule has 3 rings (SSSR count). The quantitative estimate of drug-likeness (QED) is 0.774. The van der Waals surface area contributed by atoms with Gasteiger partial charge >= 0.3 is 0 Å². The van der Waals surface area contributed by atoms with Gasteiger partial charge in [-0.05, 0) is 43.1 Å². The van der Waals surface area contributed by atoms with E-state index in [0.717, 1.165) is 5.82 Å². The van der Waals surface area contributed by atoms with Crippen molar-refractivity contribution in [3.63, 3.8) is 0 Å². The van der Waals surface area contributed by atoms with Crippen molar-refractivity contribution >= 4 is 23.6 Å². The molecule has 3 nitrogen and oxygen atoms in total. The summed E-state index contributed by atoms with van der Waals surface area (Å²) in [5, 5.41) is 3.16. The van der Waals surface area contributed by atoms with Gasteiger partial charge in [-0.15, -0.1) is 11.3 Å². The monoisotopic (exact) mass is 237 g/mol. The minimum Gasteiger partial charge on any atom is -0.279 e. The van der Waals surface area contributed by atoms with Crippen molar-refractivity contribution in [1.29, 1.82) is 0 Å². The fraction of sp³-hybridized carbons (Fsp3) is 0.400. The second-order valence-corrected chi connectivity index (χ2v) is 5.33. The maximum absolute atomic E-state index is 5.08. The van der Waals surface area contributed by atoms with Crippen molar-refractivity contribution in [3.05, 3.63) is 21.3 Å². The van der Waals surface area contributed by atoms with Crippen LogP contribution in [0.2, 0.25) is 0 Å². The SMILES string of the molecule is Cn1[nH]c(-c2cc3c(s2)CCC3)nc1=S. The van der Waals surface area contributed by atoms with E-state index < -0.39 is 0 Å². The van der Waals surface area contributed by atoms with Gasteiger partial charge in [-0.1, -0.05) is 0 Å². The van der Waals surface area contributed by atoms with Gasteiger partial charge in [0.1, 0.15) is 0 Å². The molecule has 0 saturated heterocycles. The summed E-state index contributed by atoms with van der Waals surface area (Å²) in [5.41, 5.74) is 1.50. The first kappa shape index (κ1) is 9.30. The first-order valence-electron chi connectivity index (χ1n) is 4.99. The third-order valence-corrected chi connectivity index (χ3v) is 4.36. The van der Waals surface area contributed by atoms with E-state index in [2.05, 4.69) is 16.1 Å². The van der Waals surface area contributed by atoms with E-state index in [0.29, 0.717) is 4.77 Å². The van der Waals surface area contributed by atoms with Crippen molar-refractivity contribution in [2.45, 2.75) is 19.3 Å². The number of H-pyrrole nitrogens is 1. The molecule has 1 N–H and O–H groups in total. The zero-order valence-corrected chi connectivity index (χ0v) is 10.0. The summed E-state index contributed by atoms with van der Waals surface area (Å²) in [6.45, 7) is 0. The van der Waals surface area contributed by atoms with Crippen LogP contribution in [-0.4, -0.2) is 14.8 Å². The summed E-state index contributed by atoms with van der Waals surface area (Å²) < 4.78 is 2.38. The minimum absolute atomic E-state index is 0.610. The third-order valence-electron chi connectivity index (χ3n) is 2.75. The summed E-state index contributed by atoms with van der Waals surface area (Å²) in [6, 6.07) is 2.25. The van der Waals surface area contributed by atoms with E-state index >= 15 is 0 Å². The zero-order valence-electron chi connectivity index (χ0n) is 8.41. The number of aryl methyl sites for hydroxylation is 3. The Morgan fingerprint density at radius 2 is 2.40 bits per heavy atom. The molecule has 0 unspecified atom stereocenters. The van der Waals surface area contributed by atoms with Crippen LogP contribution in [0.15, 0.2) is 6.07 Å². The molecule has 0 radical (unpaired) electrons. The lowest BCUT2D eigenvalue weighted by molar-refractivity contribution is 0.756. The van der Waals surface area contributed by atoms with Crippen molar-refractivity contribution in [2.75, 3.05) is 0 Å². The summed E-state index contributed by atoms with van der Waals surface area (Å²) in [4.78, 5) is 7.06. The number of thiophene rings is 1. The highest BCUT2D eigenvalue weighted by Gasteiger charge is 2.16. The Hall–Kier alpha value is -0.940. The van der Waals surface area contributed by atoms with Gasteiger partial charge in [-0.2, -0.15) is 4.98 Å². The fourth-order valence-electron chi connectivity index (χ4n) is 1.96. The highest BCUT2D eigenvalue weighted by atomic mass is 32.1. The lowest BCUT2D eigenvalue weighted by Crippen LogP contribution is -1.88. The van der Waals surface area contributed by atoms with Gasteiger partial charge < -0.3 is 0 Å². The molecule has 2 aromatic heterocycles. The van der Waals surface area contributed by atoms with E-state index in [1.54, 1.807) is 4.68 Å². The molecule has 0 atom stereocenters. The van der Waals surface area contributed by atoms with Crippen molar-refractivity contribution in [1.82, 2.24) is 14.8 Å². The predicted molar refractivity (Wildman–Crippen MR) is 63.7 cm³/mol. The number of hydrogen-bond acceptors (Lipinski definition) is 3. The maximum atomic E-state index is 5.08. The normalized spacial score (nSPS) is 14.5. The van der Waals surface area contributed by atoms with Gasteiger partial charge in [0, 0.05) is 11.9 Å². The molecule has 0 amide bonds. The molecule has 0 fully saturated rings. The van der Waals surface area contributed by atoms with Crippen molar-refractivity contribution in [2.24, 2.45) is 7.05 Å². The molecule has 15 heavy (non-hydrogen) atoms. The second-order valence-electron chi connectivity index (χ2n) is 3.83. The molecule has 0 aliphatic heterocycles. The summed E-state index contributed by atoms with van der Waals surface area (Å²) in [6.07, 6.45) is 3.76. The van der Waals surface area contributed by atoms with Gasteiger partial charge in [0.15, 0.2) is 5.82 Å². The van der Waals surface area contributed by atoms with Crippen LogP contribution in [0.1, 0.15) is 16.9 Å². The van der Waals surface area contributed by atoms with E-state index in [1.807, 2.05) is 18.4 Å². The minimum atomic E-state index is 0.610. The zero-order chi connectivity index (χ0) is 10.4. The molecule has 2 heterocycles. The van der Waals surface area contributed by atoms with Crippen molar-refractivity contribution in [3.8, 4) is 10.7 Å². The molecule has 2 aromatic rings. The van der Waals surface area contributed by atoms with E-state index in [9.17, 15) is 0 Å². The lowest BCUT2D eigenvalue weighted by atomic mass is 10.2. The van der Waals surface area contributed by atoms with Crippen LogP contribution in [0.5, 0.6) is 0 Å². The molecule has 78 valence electrons. The number of hydrogen-bond donors (Lipinski definition) is 1. The number of fused-ring (bicyclic) bond motifs is 1.